The van der Waals surface area contributed by atoms with Crippen LogP contribution in [0.4, 0.5) is 30.6 Å². The number of nitrogens with zero attached hydrogens (tertiary/aromatic N) is 2. The lowest BCUT2D eigenvalue weighted by atomic mass is 10.1. The molecule has 0 radical (unpaired) electrons. The van der Waals surface area contributed by atoms with Gasteiger partial charge in [0.25, 0.3) is 11.8 Å². The molecule has 44 heavy (non-hydrogen) atoms. The van der Waals surface area contributed by atoms with Crippen molar-refractivity contribution in [3.05, 3.63) is 124 Å². The number of hydrogen-bond acceptors (Lipinski definition) is 4. The Bertz CT molecular complexity index is 1650. The van der Waals surface area contributed by atoms with Crippen molar-refractivity contribution in [3.63, 3.8) is 0 Å². The predicted octanol–water partition coefficient (Wildman–Crippen LogP) is 6.54. The van der Waals surface area contributed by atoms with Crippen LogP contribution >= 0.6 is 11.6 Å². The smallest absolute Gasteiger partial charge is 0.321 e. The van der Waals surface area contributed by atoms with Crippen molar-refractivity contribution in [2.75, 3.05) is 41.7 Å². The van der Waals surface area contributed by atoms with Crippen molar-refractivity contribution in [2.45, 2.75) is 13.0 Å². The number of carbonyl (C=O) groups is 3. The number of amides is 4. The molecular weight excluding hydrogens is 588 g/mol. The van der Waals surface area contributed by atoms with E-state index in [1.807, 2.05) is 4.90 Å². The molecule has 4 aromatic carbocycles. The maximum Gasteiger partial charge on any atom is 0.321 e. The van der Waals surface area contributed by atoms with Crippen molar-refractivity contribution in [3.8, 4) is 0 Å². The van der Waals surface area contributed by atoms with Gasteiger partial charge in [0.1, 0.15) is 11.6 Å². The van der Waals surface area contributed by atoms with Crippen molar-refractivity contribution in [2.24, 2.45) is 0 Å². The summed E-state index contributed by atoms with van der Waals surface area (Å²) in [5.41, 5.74) is 2.60. The van der Waals surface area contributed by atoms with Gasteiger partial charge in [-0.1, -0.05) is 35.9 Å². The van der Waals surface area contributed by atoms with Gasteiger partial charge in [-0.2, -0.15) is 0 Å². The van der Waals surface area contributed by atoms with Crippen molar-refractivity contribution < 1.29 is 23.2 Å². The Hall–Kier alpha value is -4.96. The van der Waals surface area contributed by atoms with Gasteiger partial charge < -0.3 is 25.8 Å². The highest BCUT2D eigenvalue weighted by atomic mass is 35.5. The molecule has 0 aliphatic carbocycles. The second kappa shape index (κ2) is 14.0. The highest BCUT2D eigenvalue weighted by Crippen LogP contribution is 2.27. The van der Waals surface area contributed by atoms with Gasteiger partial charge in [-0.25, -0.2) is 13.6 Å². The number of benzene rings is 4. The number of para-hydroxylation sites is 1. The molecule has 226 valence electrons. The average Bonchev–Trinajstić information content (AvgIpc) is 3.28. The Morgan fingerprint density at radius 1 is 0.773 bits per heavy atom. The second-order valence-electron chi connectivity index (χ2n) is 10.2. The third-order valence-electron chi connectivity index (χ3n) is 7.21. The van der Waals surface area contributed by atoms with E-state index < -0.39 is 11.8 Å². The normalized spacial score (nSPS) is 13.2. The number of carbonyl (C=O) groups excluding carboxylic acids is 3. The van der Waals surface area contributed by atoms with Gasteiger partial charge in [-0.3, -0.25) is 9.59 Å². The summed E-state index contributed by atoms with van der Waals surface area (Å²) in [4.78, 5) is 42.9. The van der Waals surface area contributed by atoms with Crippen LogP contribution in [0.5, 0.6) is 0 Å². The Balaban J connectivity index is 1.34. The summed E-state index contributed by atoms with van der Waals surface area (Å²) in [5, 5.41) is 8.85. The van der Waals surface area contributed by atoms with Gasteiger partial charge in [0.2, 0.25) is 0 Å². The molecule has 3 N–H and O–H groups in total. The first-order valence-corrected chi connectivity index (χ1v) is 14.4. The van der Waals surface area contributed by atoms with Gasteiger partial charge in [0.15, 0.2) is 0 Å². The van der Waals surface area contributed by atoms with E-state index in [-0.39, 0.29) is 29.9 Å². The minimum atomic E-state index is -0.517. The summed E-state index contributed by atoms with van der Waals surface area (Å²) in [5.74, 6) is -1.63. The van der Waals surface area contributed by atoms with Crippen LogP contribution in [0.15, 0.2) is 91.0 Å². The predicted molar refractivity (Wildman–Crippen MR) is 167 cm³/mol. The summed E-state index contributed by atoms with van der Waals surface area (Å²) in [6.07, 6.45) is 0.608. The minimum Gasteiger partial charge on any atom is -0.369 e. The fraction of sp³-hybridized carbons (Fsp3) is 0.182. The molecule has 1 fully saturated rings. The van der Waals surface area contributed by atoms with E-state index in [1.54, 1.807) is 71.6 Å². The summed E-state index contributed by atoms with van der Waals surface area (Å²) in [6.45, 7) is 1.92. The topological polar surface area (TPSA) is 93.8 Å². The lowest BCUT2D eigenvalue weighted by Crippen LogP contribution is -2.38. The molecule has 0 saturated carbocycles. The van der Waals surface area contributed by atoms with Crippen LogP contribution in [-0.4, -0.2) is 48.9 Å². The van der Waals surface area contributed by atoms with Crippen molar-refractivity contribution in [1.82, 2.24) is 10.2 Å². The van der Waals surface area contributed by atoms with Crippen molar-refractivity contribution >= 4 is 46.5 Å². The third kappa shape index (κ3) is 7.70. The molecule has 1 aliphatic rings. The fourth-order valence-corrected chi connectivity index (χ4v) is 5.00. The Labute approximate surface area is 258 Å². The Kier molecular flexibility index (Phi) is 9.71. The number of anilines is 3. The van der Waals surface area contributed by atoms with E-state index in [0.29, 0.717) is 60.1 Å². The lowest BCUT2D eigenvalue weighted by molar-refractivity contribution is 0.0950. The van der Waals surface area contributed by atoms with Gasteiger partial charge in [-0.05, 0) is 78.7 Å². The first-order chi connectivity index (χ1) is 21.3. The quantitative estimate of drug-likeness (QED) is 0.219. The third-order valence-corrected chi connectivity index (χ3v) is 7.46. The first-order valence-electron chi connectivity index (χ1n) is 14.1. The average molecular weight is 618 g/mol. The van der Waals surface area contributed by atoms with E-state index in [0.717, 1.165) is 5.56 Å². The van der Waals surface area contributed by atoms with Gasteiger partial charge >= 0.3 is 6.03 Å². The number of nitrogens with one attached hydrogen (secondary N) is 3. The SMILES string of the molecule is O=C(Nc1ccc(N2CCCN(C(=O)Nc3ccccc3F)CC2)c(C(=O)NCc2ccc(F)cc2)c1)c1ccc(Cl)cc1. The molecule has 0 spiro atoms. The van der Waals surface area contributed by atoms with Crippen LogP contribution in [0.2, 0.25) is 5.02 Å². The molecular formula is C33H30ClF2N5O3. The molecule has 4 aromatic rings. The molecule has 1 heterocycles. The maximum atomic E-state index is 14.1. The molecule has 0 aromatic heterocycles. The zero-order chi connectivity index (χ0) is 31.1. The summed E-state index contributed by atoms with van der Waals surface area (Å²) >= 11 is 5.95. The largest absolute Gasteiger partial charge is 0.369 e. The maximum absolute atomic E-state index is 14.1. The second-order valence-corrected chi connectivity index (χ2v) is 10.7. The fourth-order valence-electron chi connectivity index (χ4n) is 4.87. The molecule has 8 nitrogen and oxygen atoms in total. The molecule has 0 bridgehead atoms. The molecule has 1 saturated heterocycles. The van der Waals surface area contributed by atoms with E-state index >= 15 is 0 Å². The highest BCUT2D eigenvalue weighted by molar-refractivity contribution is 6.30. The summed E-state index contributed by atoms with van der Waals surface area (Å²) in [6, 6.07) is 22.9. The lowest BCUT2D eigenvalue weighted by Gasteiger charge is -2.26. The monoisotopic (exact) mass is 617 g/mol. The van der Waals surface area contributed by atoms with E-state index in [1.165, 1.54) is 24.3 Å². The van der Waals surface area contributed by atoms with E-state index in [2.05, 4.69) is 16.0 Å². The van der Waals surface area contributed by atoms with Gasteiger partial charge in [-0.15, -0.1) is 0 Å². The van der Waals surface area contributed by atoms with E-state index in [9.17, 15) is 23.2 Å². The minimum absolute atomic E-state index is 0.106. The molecule has 0 atom stereocenters. The van der Waals surface area contributed by atoms with Gasteiger partial charge in [0, 0.05) is 54.7 Å². The number of halogens is 3. The molecule has 0 unspecified atom stereocenters. The zero-order valence-corrected chi connectivity index (χ0v) is 24.4. The number of urea groups is 1. The van der Waals surface area contributed by atoms with Gasteiger partial charge in [0.05, 0.1) is 11.3 Å². The number of rotatable bonds is 7. The van der Waals surface area contributed by atoms with Crippen LogP contribution in [0.3, 0.4) is 0 Å². The van der Waals surface area contributed by atoms with Crippen LogP contribution in [0.25, 0.3) is 0 Å². The van der Waals surface area contributed by atoms with Crippen molar-refractivity contribution in [1.29, 1.82) is 0 Å². The molecule has 4 amide bonds. The molecule has 11 heteroatoms. The van der Waals surface area contributed by atoms with Crippen LogP contribution in [0, 0.1) is 11.6 Å². The number of hydrogen-bond donors (Lipinski definition) is 3. The molecule has 5 rings (SSSR count). The first kappa shape index (κ1) is 30.5. The van der Waals surface area contributed by atoms with E-state index in [4.69, 9.17) is 11.6 Å². The van der Waals surface area contributed by atoms with Crippen LogP contribution in [-0.2, 0) is 6.54 Å². The molecule has 1 aliphatic heterocycles. The summed E-state index contributed by atoms with van der Waals surface area (Å²) in [7, 11) is 0. The van der Waals surface area contributed by atoms with Crippen LogP contribution in [0.1, 0.15) is 32.7 Å². The highest BCUT2D eigenvalue weighted by Gasteiger charge is 2.24. The standard InChI is InChI=1S/C33H30ClF2N5O3/c34-24-10-8-23(9-11-24)31(42)38-26-14-15-30(27(20-26)32(43)37-21-22-6-12-25(35)13-7-22)40-16-3-17-41(19-18-40)33(44)39-29-5-2-1-4-28(29)36/h1-2,4-15,20H,3,16-19,21H2,(H,37,43)(H,38,42)(H,39,44). The zero-order valence-electron chi connectivity index (χ0n) is 23.7. The Morgan fingerprint density at radius 3 is 2.27 bits per heavy atom. The van der Waals surface area contributed by atoms with Crippen LogP contribution < -0.4 is 20.9 Å². The Morgan fingerprint density at radius 2 is 1.52 bits per heavy atom. The summed E-state index contributed by atoms with van der Waals surface area (Å²) < 4.78 is 27.4.